The maximum atomic E-state index is 5.24. The molecular formula is C19H16BrN3O. The molecule has 0 aliphatic heterocycles. The molecule has 0 atom stereocenters. The van der Waals surface area contributed by atoms with Crippen LogP contribution in [0.25, 0.3) is 21.9 Å². The van der Waals surface area contributed by atoms with Crippen molar-refractivity contribution >= 4 is 37.9 Å². The van der Waals surface area contributed by atoms with Gasteiger partial charge in [-0.05, 0) is 42.8 Å². The molecule has 0 amide bonds. The van der Waals surface area contributed by atoms with Crippen molar-refractivity contribution < 1.29 is 4.74 Å². The van der Waals surface area contributed by atoms with Crippen LogP contribution in [0.4, 0.5) is 0 Å². The maximum Gasteiger partial charge on any atom is 0.118 e. The number of halogens is 1. The molecule has 4 nitrogen and oxygen atoms in total. The second-order valence-electron chi connectivity index (χ2n) is 5.75. The Labute approximate surface area is 148 Å². The molecule has 24 heavy (non-hydrogen) atoms. The van der Waals surface area contributed by atoms with Gasteiger partial charge in [-0.15, -0.1) is 0 Å². The summed E-state index contributed by atoms with van der Waals surface area (Å²) in [4.78, 5) is 9.21. The Morgan fingerprint density at radius 1 is 1.08 bits per heavy atom. The third-order valence-electron chi connectivity index (χ3n) is 4.23. The summed E-state index contributed by atoms with van der Waals surface area (Å²) < 4.78 is 8.51. The van der Waals surface area contributed by atoms with Crippen molar-refractivity contribution in [1.82, 2.24) is 14.5 Å². The van der Waals surface area contributed by atoms with Gasteiger partial charge in [-0.3, -0.25) is 4.98 Å². The lowest BCUT2D eigenvalue weighted by Crippen LogP contribution is -2.02. The van der Waals surface area contributed by atoms with Crippen molar-refractivity contribution in [3.05, 3.63) is 64.5 Å². The van der Waals surface area contributed by atoms with Crippen molar-refractivity contribution in [2.45, 2.75) is 13.5 Å². The van der Waals surface area contributed by atoms with E-state index in [0.29, 0.717) is 0 Å². The highest BCUT2D eigenvalue weighted by atomic mass is 79.9. The molecule has 2 aromatic heterocycles. The number of rotatable bonds is 3. The van der Waals surface area contributed by atoms with Crippen molar-refractivity contribution in [3.8, 4) is 5.75 Å². The largest absolute Gasteiger partial charge is 0.497 e. The number of imidazole rings is 1. The Kier molecular flexibility index (Phi) is 3.73. The summed E-state index contributed by atoms with van der Waals surface area (Å²) in [6.45, 7) is 2.80. The molecule has 0 N–H and O–H groups in total. The molecule has 0 unspecified atom stereocenters. The van der Waals surface area contributed by atoms with Gasteiger partial charge in [0.1, 0.15) is 17.1 Å². The molecule has 0 aliphatic rings. The predicted octanol–water partition coefficient (Wildman–Crippen LogP) is 4.71. The second kappa shape index (κ2) is 5.91. The number of nitrogens with zero attached hydrogens (tertiary/aromatic N) is 3. The minimum Gasteiger partial charge on any atom is -0.497 e. The Morgan fingerprint density at radius 2 is 1.88 bits per heavy atom. The van der Waals surface area contributed by atoms with Crippen LogP contribution in [-0.4, -0.2) is 21.6 Å². The summed E-state index contributed by atoms with van der Waals surface area (Å²) in [7, 11) is 1.68. The van der Waals surface area contributed by atoms with Gasteiger partial charge in [0, 0.05) is 16.4 Å². The first kappa shape index (κ1) is 15.1. The lowest BCUT2D eigenvalue weighted by molar-refractivity contribution is 0.414. The van der Waals surface area contributed by atoms with E-state index in [1.54, 1.807) is 7.11 Å². The van der Waals surface area contributed by atoms with E-state index in [0.717, 1.165) is 44.5 Å². The maximum absolute atomic E-state index is 5.24. The number of aromatic nitrogens is 3. The van der Waals surface area contributed by atoms with Gasteiger partial charge in [0.2, 0.25) is 0 Å². The van der Waals surface area contributed by atoms with Crippen LogP contribution in [0.2, 0.25) is 0 Å². The Bertz CT molecular complexity index is 1040. The van der Waals surface area contributed by atoms with Crippen molar-refractivity contribution in [2.75, 3.05) is 7.11 Å². The Balaban J connectivity index is 1.88. The molecule has 120 valence electrons. The third kappa shape index (κ3) is 2.55. The minimum atomic E-state index is 0.765. The average Bonchev–Trinajstić information content (AvgIpc) is 2.91. The number of hydrogen-bond acceptors (Lipinski definition) is 3. The van der Waals surface area contributed by atoms with Gasteiger partial charge in [-0.25, -0.2) is 4.98 Å². The molecule has 0 saturated heterocycles. The zero-order valence-electron chi connectivity index (χ0n) is 13.5. The molecule has 0 bridgehead atoms. The third-order valence-corrected chi connectivity index (χ3v) is 4.72. The summed E-state index contributed by atoms with van der Waals surface area (Å²) in [5, 5.41) is 1.12. The van der Waals surface area contributed by atoms with Crippen LogP contribution < -0.4 is 4.74 Å². The van der Waals surface area contributed by atoms with Crippen LogP contribution in [0.5, 0.6) is 5.75 Å². The molecular weight excluding hydrogens is 366 g/mol. The zero-order chi connectivity index (χ0) is 16.7. The van der Waals surface area contributed by atoms with Gasteiger partial charge in [0.15, 0.2) is 0 Å². The smallest absolute Gasteiger partial charge is 0.118 e. The molecule has 0 saturated carbocycles. The van der Waals surface area contributed by atoms with Gasteiger partial charge in [-0.2, -0.15) is 0 Å². The van der Waals surface area contributed by atoms with E-state index in [-0.39, 0.29) is 0 Å². The van der Waals surface area contributed by atoms with Gasteiger partial charge in [0.05, 0.1) is 24.3 Å². The minimum absolute atomic E-state index is 0.765. The Hall–Kier alpha value is -2.40. The van der Waals surface area contributed by atoms with Crippen LogP contribution in [0.1, 0.15) is 11.4 Å². The summed E-state index contributed by atoms with van der Waals surface area (Å²) in [6, 6.07) is 14.3. The molecule has 0 radical (unpaired) electrons. The topological polar surface area (TPSA) is 39.9 Å². The first-order valence-corrected chi connectivity index (χ1v) is 8.49. The van der Waals surface area contributed by atoms with E-state index in [2.05, 4.69) is 48.7 Å². The van der Waals surface area contributed by atoms with Gasteiger partial charge >= 0.3 is 0 Å². The fraction of sp³-hybridized carbons (Fsp3) is 0.158. The fourth-order valence-corrected chi connectivity index (χ4v) is 3.36. The highest BCUT2D eigenvalue weighted by Crippen LogP contribution is 2.27. The van der Waals surface area contributed by atoms with Gasteiger partial charge < -0.3 is 9.30 Å². The number of ether oxygens (including phenoxy) is 1. The second-order valence-corrected chi connectivity index (χ2v) is 6.66. The molecule has 2 aromatic carbocycles. The normalized spacial score (nSPS) is 11.3. The number of pyridine rings is 1. The summed E-state index contributed by atoms with van der Waals surface area (Å²) in [6.07, 6.45) is 1.85. The standard InChI is InChI=1S/C19H16BrN3O/c1-12-22-18-10-21-17-9-14(20)5-8-16(17)19(18)23(12)11-13-3-6-15(24-2)7-4-13/h3-10H,11H2,1-2H3. The van der Waals surface area contributed by atoms with Crippen molar-refractivity contribution in [1.29, 1.82) is 0 Å². The van der Waals surface area contributed by atoms with E-state index in [1.807, 2.05) is 37.4 Å². The number of hydrogen-bond donors (Lipinski definition) is 0. The number of methoxy groups -OCH3 is 1. The average molecular weight is 382 g/mol. The molecule has 4 rings (SSSR count). The summed E-state index contributed by atoms with van der Waals surface area (Å²) >= 11 is 3.51. The van der Waals surface area contributed by atoms with E-state index in [9.17, 15) is 0 Å². The van der Waals surface area contributed by atoms with E-state index in [1.165, 1.54) is 5.56 Å². The molecule has 0 spiro atoms. The number of fused-ring (bicyclic) bond motifs is 3. The fourth-order valence-electron chi connectivity index (χ4n) is 3.01. The van der Waals surface area contributed by atoms with Crippen LogP contribution in [-0.2, 0) is 6.54 Å². The van der Waals surface area contributed by atoms with Crippen molar-refractivity contribution in [2.24, 2.45) is 0 Å². The quantitative estimate of drug-likeness (QED) is 0.515. The van der Waals surface area contributed by atoms with Crippen LogP contribution >= 0.6 is 15.9 Å². The highest BCUT2D eigenvalue weighted by molar-refractivity contribution is 9.10. The van der Waals surface area contributed by atoms with Crippen LogP contribution in [0.15, 0.2) is 53.1 Å². The summed E-state index contributed by atoms with van der Waals surface area (Å²) in [5.74, 6) is 1.85. The van der Waals surface area contributed by atoms with E-state index < -0.39 is 0 Å². The highest BCUT2D eigenvalue weighted by Gasteiger charge is 2.12. The van der Waals surface area contributed by atoms with Gasteiger partial charge in [0.25, 0.3) is 0 Å². The first-order valence-electron chi connectivity index (χ1n) is 7.70. The van der Waals surface area contributed by atoms with Crippen LogP contribution in [0.3, 0.4) is 0 Å². The lowest BCUT2D eigenvalue weighted by atomic mass is 10.1. The summed E-state index contributed by atoms with van der Waals surface area (Å²) in [5.41, 5.74) is 4.23. The van der Waals surface area contributed by atoms with E-state index in [4.69, 9.17) is 4.74 Å². The molecule has 0 fully saturated rings. The SMILES string of the molecule is COc1ccc(Cn2c(C)nc3cnc4cc(Br)ccc4c32)cc1. The molecule has 0 aliphatic carbocycles. The van der Waals surface area contributed by atoms with E-state index >= 15 is 0 Å². The van der Waals surface area contributed by atoms with Gasteiger partial charge in [-0.1, -0.05) is 28.1 Å². The zero-order valence-corrected chi connectivity index (χ0v) is 15.0. The molecule has 2 heterocycles. The molecule has 5 heteroatoms. The molecule has 4 aromatic rings. The first-order chi connectivity index (χ1) is 11.7. The Morgan fingerprint density at radius 3 is 2.62 bits per heavy atom. The van der Waals surface area contributed by atoms with Crippen LogP contribution in [0, 0.1) is 6.92 Å². The van der Waals surface area contributed by atoms with Crippen molar-refractivity contribution in [3.63, 3.8) is 0 Å². The monoisotopic (exact) mass is 381 g/mol. The number of aryl methyl sites for hydroxylation is 1. The predicted molar refractivity (Wildman–Crippen MR) is 99.6 cm³/mol. The lowest BCUT2D eigenvalue weighted by Gasteiger charge is -2.10. The number of benzene rings is 2.